The van der Waals surface area contributed by atoms with Gasteiger partial charge in [-0.25, -0.2) is 4.98 Å². The normalized spacial score (nSPS) is 10.7. The van der Waals surface area contributed by atoms with Crippen molar-refractivity contribution in [3.05, 3.63) is 39.6 Å². The van der Waals surface area contributed by atoms with Crippen molar-refractivity contribution in [2.75, 3.05) is 5.75 Å². The topological polar surface area (TPSA) is 58.6 Å². The van der Waals surface area contributed by atoms with Crippen LogP contribution in [0.2, 0.25) is 10.0 Å². The number of hydrogen-bond donors (Lipinski definition) is 1. The van der Waals surface area contributed by atoms with Crippen molar-refractivity contribution in [2.45, 2.75) is 18.5 Å². The van der Waals surface area contributed by atoms with E-state index in [0.29, 0.717) is 20.8 Å². The van der Waals surface area contributed by atoms with E-state index in [2.05, 4.69) is 15.2 Å². The van der Waals surface area contributed by atoms with Gasteiger partial charge in [0.15, 0.2) is 5.78 Å². The van der Waals surface area contributed by atoms with Gasteiger partial charge in [0.1, 0.15) is 5.82 Å². The largest absolute Gasteiger partial charge is 0.293 e. The van der Waals surface area contributed by atoms with Crippen molar-refractivity contribution in [1.82, 2.24) is 15.2 Å². The number of aryl methyl sites for hydroxylation is 1. The number of aromatic amines is 1. The van der Waals surface area contributed by atoms with Crippen LogP contribution in [0.1, 0.15) is 23.1 Å². The quantitative estimate of drug-likeness (QED) is 0.676. The molecular weight excluding hydrogens is 305 g/mol. The Bertz CT molecular complexity index is 600. The monoisotopic (exact) mass is 315 g/mol. The zero-order valence-electron chi connectivity index (χ0n) is 10.1. The first-order valence-corrected chi connectivity index (χ1v) is 7.36. The van der Waals surface area contributed by atoms with Crippen molar-refractivity contribution in [3.8, 4) is 0 Å². The van der Waals surface area contributed by atoms with Crippen LogP contribution in [-0.4, -0.2) is 26.7 Å². The highest BCUT2D eigenvalue weighted by molar-refractivity contribution is 7.99. The lowest BCUT2D eigenvalue weighted by Crippen LogP contribution is -2.02. The number of rotatable bonds is 5. The SMILES string of the molecule is CCc1nc(SCC(=O)c2ccc(Cl)c(Cl)c2)n[nH]1. The number of Topliss-reactive ketones (excluding diaryl/α,β-unsaturated/α-hetero) is 1. The minimum absolute atomic E-state index is 0.0357. The first-order chi connectivity index (χ1) is 9.10. The minimum Gasteiger partial charge on any atom is -0.293 e. The molecule has 0 fully saturated rings. The molecule has 0 saturated heterocycles. The van der Waals surface area contributed by atoms with Crippen LogP contribution in [0.4, 0.5) is 0 Å². The molecule has 7 heteroatoms. The summed E-state index contributed by atoms with van der Waals surface area (Å²) in [6, 6.07) is 4.85. The van der Waals surface area contributed by atoms with Crippen LogP contribution in [0.25, 0.3) is 0 Å². The summed E-state index contributed by atoms with van der Waals surface area (Å²) >= 11 is 13.0. The van der Waals surface area contributed by atoms with Crippen LogP contribution >= 0.6 is 35.0 Å². The molecule has 0 aliphatic carbocycles. The maximum absolute atomic E-state index is 12.0. The van der Waals surface area contributed by atoms with Gasteiger partial charge in [0.05, 0.1) is 15.8 Å². The van der Waals surface area contributed by atoms with Gasteiger partial charge in [-0.2, -0.15) is 0 Å². The number of aromatic nitrogens is 3. The molecule has 4 nitrogen and oxygen atoms in total. The van der Waals surface area contributed by atoms with Gasteiger partial charge in [-0.15, -0.1) is 5.10 Å². The average Bonchev–Trinajstić information content (AvgIpc) is 2.87. The second-order valence-electron chi connectivity index (χ2n) is 3.76. The summed E-state index contributed by atoms with van der Waals surface area (Å²) in [6.45, 7) is 1.98. The third-order valence-electron chi connectivity index (χ3n) is 2.42. The minimum atomic E-state index is -0.0357. The molecule has 1 aromatic heterocycles. The van der Waals surface area contributed by atoms with Crippen molar-refractivity contribution >= 4 is 40.7 Å². The van der Waals surface area contributed by atoms with E-state index in [-0.39, 0.29) is 11.5 Å². The fourth-order valence-electron chi connectivity index (χ4n) is 1.38. The molecule has 0 atom stereocenters. The molecule has 1 N–H and O–H groups in total. The van der Waals surface area contributed by atoms with Crippen molar-refractivity contribution in [2.24, 2.45) is 0 Å². The molecule has 0 radical (unpaired) electrons. The molecule has 0 saturated carbocycles. The molecule has 2 aromatic rings. The fraction of sp³-hybridized carbons (Fsp3) is 0.250. The number of carbonyl (C=O) groups excluding carboxylic acids is 1. The van der Waals surface area contributed by atoms with Gasteiger partial charge in [-0.3, -0.25) is 9.89 Å². The standard InChI is InChI=1S/C12H11Cl2N3OS/c1-2-11-15-12(17-16-11)19-6-10(18)7-3-4-8(13)9(14)5-7/h3-5H,2,6H2,1H3,(H,15,16,17). The Labute approximate surface area is 124 Å². The maximum Gasteiger partial charge on any atom is 0.208 e. The fourth-order valence-corrected chi connectivity index (χ4v) is 2.39. The number of thioether (sulfide) groups is 1. The number of H-pyrrole nitrogens is 1. The van der Waals surface area contributed by atoms with Crippen LogP contribution in [0.3, 0.4) is 0 Å². The number of benzene rings is 1. The summed E-state index contributed by atoms with van der Waals surface area (Å²) in [4.78, 5) is 16.2. The van der Waals surface area contributed by atoms with E-state index in [1.54, 1.807) is 18.2 Å². The molecule has 100 valence electrons. The predicted molar refractivity (Wildman–Crippen MR) is 77.3 cm³/mol. The van der Waals surface area contributed by atoms with Crippen LogP contribution in [0.15, 0.2) is 23.4 Å². The van der Waals surface area contributed by atoms with Crippen molar-refractivity contribution in [3.63, 3.8) is 0 Å². The Morgan fingerprint density at radius 2 is 2.16 bits per heavy atom. The summed E-state index contributed by atoms with van der Waals surface area (Å²) in [5.74, 6) is 1.04. The number of nitrogens with one attached hydrogen (secondary N) is 1. The van der Waals surface area contributed by atoms with Gasteiger partial charge in [-0.1, -0.05) is 41.9 Å². The highest BCUT2D eigenvalue weighted by atomic mass is 35.5. The lowest BCUT2D eigenvalue weighted by Gasteiger charge is -2.01. The third-order valence-corrected chi connectivity index (χ3v) is 4.01. The van der Waals surface area contributed by atoms with E-state index in [1.807, 2.05) is 6.92 Å². The first kappa shape index (κ1) is 14.4. The molecular formula is C12H11Cl2N3OS. The Morgan fingerprint density at radius 3 is 2.79 bits per heavy atom. The zero-order chi connectivity index (χ0) is 13.8. The molecule has 0 aliphatic heterocycles. The van der Waals surface area contributed by atoms with Crippen molar-refractivity contribution < 1.29 is 4.79 Å². The van der Waals surface area contributed by atoms with Gasteiger partial charge >= 0.3 is 0 Å². The molecule has 1 heterocycles. The summed E-state index contributed by atoms with van der Waals surface area (Å²) in [7, 11) is 0. The lowest BCUT2D eigenvalue weighted by atomic mass is 10.1. The van der Waals surface area contributed by atoms with Crippen LogP contribution in [0.5, 0.6) is 0 Å². The Kier molecular flexibility index (Phi) is 4.85. The first-order valence-electron chi connectivity index (χ1n) is 5.62. The molecule has 0 unspecified atom stereocenters. The van der Waals surface area contributed by atoms with E-state index < -0.39 is 0 Å². The molecule has 0 bridgehead atoms. The van der Waals surface area contributed by atoms with Gasteiger partial charge in [0.25, 0.3) is 0 Å². The van der Waals surface area contributed by atoms with E-state index in [1.165, 1.54) is 11.8 Å². The third kappa shape index (κ3) is 3.72. The number of hydrogen-bond acceptors (Lipinski definition) is 4. The molecule has 0 aliphatic rings. The molecule has 1 aromatic carbocycles. The number of halogens is 2. The highest BCUT2D eigenvalue weighted by Crippen LogP contribution is 2.24. The highest BCUT2D eigenvalue weighted by Gasteiger charge is 2.11. The van der Waals surface area contributed by atoms with Gasteiger partial charge in [0, 0.05) is 12.0 Å². The van der Waals surface area contributed by atoms with Crippen LogP contribution in [0, 0.1) is 0 Å². The second kappa shape index (κ2) is 6.41. The van der Waals surface area contributed by atoms with E-state index in [4.69, 9.17) is 23.2 Å². The van der Waals surface area contributed by atoms with Crippen LogP contribution in [-0.2, 0) is 6.42 Å². The van der Waals surface area contributed by atoms with Gasteiger partial charge < -0.3 is 0 Å². The number of ketones is 1. The Balaban J connectivity index is 1.99. The van der Waals surface area contributed by atoms with E-state index in [0.717, 1.165) is 12.2 Å². The second-order valence-corrected chi connectivity index (χ2v) is 5.52. The van der Waals surface area contributed by atoms with Crippen LogP contribution < -0.4 is 0 Å². The summed E-state index contributed by atoms with van der Waals surface area (Å²) in [5.41, 5.74) is 0.535. The molecule has 0 amide bonds. The summed E-state index contributed by atoms with van der Waals surface area (Å²) in [6.07, 6.45) is 0.786. The predicted octanol–water partition coefficient (Wildman–Crippen LogP) is 3.65. The Hall–Kier alpha value is -1.04. The molecule has 0 spiro atoms. The smallest absolute Gasteiger partial charge is 0.208 e. The Morgan fingerprint density at radius 1 is 1.37 bits per heavy atom. The van der Waals surface area contributed by atoms with E-state index in [9.17, 15) is 4.79 Å². The number of nitrogens with zero attached hydrogens (tertiary/aromatic N) is 2. The molecule has 19 heavy (non-hydrogen) atoms. The molecule has 2 rings (SSSR count). The maximum atomic E-state index is 12.0. The summed E-state index contributed by atoms with van der Waals surface area (Å²) < 4.78 is 0. The van der Waals surface area contributed by atoms with Crippen molar-refractivity contribution in [1.29, 1.82) is 0 Å². The number of carbonyl (C=O) groups is 1. The van der Waals surface area contributed by atoms with Gasteiger partial charge in [0.2, 0.25) is 5.16 Å². The lowest BCUT2D eigenvalue weighted by molar-refractivity contribution is 0.102. The summed E-state index contributed by atoms with van der Waals surface area (Å²) in [5, 5.41) is 8.21. The zero-order valence-corrected chi connectivity index (χ0v) is 12.4. The average molecular weight is 316 g/mol. The van der Waals surface area contributed by atoms with Gasteiger partial charge in [-0.05, 0) is 18.2 Å². The van der Waals surface area contributed by atoms with E-state index >= 15 is 0 Å².